The van der Waals surface area contributed by atoms with Gasteiger partial charge < -0.3 is 10.8 Å². The van der Waals surface area contributed by atoms with Gasteiger partial charge in [-0.3, -0.25) is 4.79 Å². The van der Waals surface area contributed by atoms with Crippen molar-refractivity contribution in [2.75, 3.05) is 6.54 Å². The largest absolute Gasteiger partial charge is 0.481 e. The lowest BCUT2D eigenvalue weighted by molar-refractivity contribution is -0.138. The summed E-state index contributed by atoms with van der Waals surface area (Å²) in [6.45, 7) is 2.95. The van der Waals surface area contributed by atoms with E-state index in [1.54, 1.807) is 24.3 Å². The highest BCUT2D eigenvalue weighted by Gasteiger charge is 2.21. The lowest BCUT2D eigenvalue weighted by Crippen LogP contribution is -2.21. The van der Waals surface area contributed by atoms with Crippen molar-refractivity contribution in [2.24, 2.45) is 5.73 Å². The number of carbonyl (C=O) groups is 1. The maximum absolute atomic E-state index is 13.6. The first kappa shape index (κ1) is 12.6. The molecular weight excluding hydrogens is 209 g/mol. The number of aliphatic carboxylic acids is 1. The summed E-state index contributed by atoms with van der Waals surface area (Å²) in [6, 6.07) is 6.42. The van der Waals surface area contributed by atoms with Gasteiger partial charge in [0.2, 0.25) is 0 Å². The summed E-state index contributed by atoms with van der Waals surface area (Å²) < 4.78 is 13.6. The second kappa shape index (κ2) is 4.61. The van der Waals surface area contributed by atoms with E-state index < -0.39 is 17.6 Å². The highest BCUT2D eigenvalue weighted by molar-refractivity contribution is 5.76. The van der Waals surface area contributed by atoms with E-state index in [0.717, 1.165) is 0 Å². The molecule has 0 fully saturated rings. The summed E-state index contributed by atoms with van der Waals surface area (Å²) in [6.07, 6.45) is 0. The fourth-order valence-corrected chi connectivity index (χ4v) is 1.49. The number of carboxylic acid groups (broad SMARTS) is 1. The molecule has 0 amide bonds. The van der Waals surface area contributed by atoms with Crippen LogP contribution in [-0.2, 0) is 10.5 Å². The third-order valence-electron chi connectivity index (χ3n) is 2.53. The summed E-state index contributed by atoms with van der Waals surface area (Å²) in [7, 11) is 0. The first-order valence-corrected chi connectivity index (χ1v) is 5.08. The summed E-state index contributed by atoms with van der Waals surface area (Å²) in [5, 5.41) is 8.90. The van der Waals surface area contributed by atoms with Crippen LogP contribution in [0.25, 0.3) is 0 Å². The molecule has 0 saturated carbocycles. The van der Waals surface area contributed by atoms with Gasteiger partial charge >= 0.3 is 5.97 Å². The lowest BCUT2D eigenvalue weighted by atomic mass is 9.94. The summed E-state index contributed by atoms with van der Waals surface area (Å²) in [5.41, 5.74) is 5.08. The molecule has 0 radical (unpaired) electrons. The second-order valence-electron chi connectivity index (χ2n) is 4.22. The number of alkyl halides is 1. The standard InChI is InChI=1S/C12H16FNO2/c1-12(2,13)9-5-3-8(4-6-9)10(7-14)11(15)16/h3-6,10H,7,14H2,1-2H3,(H,15,16). The molecule has 1 rings (SSSR count). The van der Waals surface area contributed by atoms with Gasteiger partial charge in [-0.25, -0.2) is 4.39 Å². The summed E-state index contributed by atoms with van der Waals surface area (Å²) in [5.74, 6) is -1.69. The van der Waals surface area contributed by atoms with Crippen LogP contribution in [0.5, 0.6) is 0 Å². The molecule has 0 saturated heterocycles. The minimum Gasteiger partial charge on any atom is -0.481 e. The van der Waals surface area contributed by atoms with Crippen LogP contribution in [0.2, 0.25) is 0 Å². The van der Waals surface area contributed by atoms with Crippen LogP contribution >= 0.6 is 0 Å². The Bertz CT molecular complexity index is 368. The van der Waals surface area contributed by atoms with Crippen molar-refractivity contribution in [1.82, 2.24) is 0 Å². The van der Waals surface area contributed by atoms with Crippen molar-refractivity contribution in [3.63, 3.8) is 0 Å². The zero-order valence-electron chi connectivity index (χ0n) is 9.40. The number of hydrogen-bond acceptors (Lipinski definition) is 2. The van der Waals surface area contributed by atoms with Crippen molar-refractivity contribution < 1.29 is 14.3 Å². The number of benzene rings is 1. The molecule has 1 aromatic rings. The molecule has 88 valence electrons. The fraction of sp³-hybridized carbons (Fsp3) is 0.417. The molecule has 3 N–H and O–H groups in total. The molecule has 16 heavy (non-hydrogen) atoms. The van der Waals surface area contributed by atoms with Gasteiger partial charge in [0.05, 0.1) is 5.92 Å². The Kier molecular flexibility index (Phi) is 3.65. The number of nitrogens with two attached hydrogens (primary N) is 1. The van der Waals surface area contributed by atoms with Crippen molar-refractivity contribution in [1.29, 1.82) is 0 Å². The van der Waals surface area contributed by atoms with Crippen LogP contribution in [0.4, 0.5) is 4.39 Å². The Morgan fingerprint density at radius 3 is 2.25 bits per heavy atom. The first-order chi connectivity index (χ1) is 7.36. The van der Waals surface area contributed by atoms with E-state index in [2.05, 4.69) is 0 Å². The Hall–Kier alpha value is -1.42. The molecule has 1 atom stereocenters. The second-order valence-corrected chi connectivity index (χ2v) is 4.22. The topological polar surface area (TPSA) is 63.3 Å². The van der Waals surface area contributed by atoms with Crippen molar-refractivity contribution in [3.05, 3.63) is 35.4 Å². The highest BCUT2D eigenvalue weighted by Crippen LogP contribution is 2.26. The van der Waals surface area contributed by atoms with Gasteiger partial charge in [-0.2, -0.15) is 0 Å². The maximum atomic E-state index is 13.6. The van der Waals surface area contributed by atoms with Crippen LogP contribution in [-0.4, -0.2) is 17.6 Å². The molecule has 0 bridgehead atoms. The lowest BCUT2D eigenvalue weighted by Gasteiger charge is -2.16. The molecular formula is C12H16FNO2. The van der Waals surface area contributed by atoms with E-state index >= 15 is 0 Å². The third kappa shape index (κ3) is 2.79. The third-order valence-corrected chi connectivity index (χ3v) is 2.53. The number of carboxylic acids is 1. The average molecular weight is 225 g/mol. The normalized spacial score (nSPS) is 13.5. The smallest absolute Gasteiger partial charge is 0.312 e. The number of hydrogen-bond donors (Lipinski definition) is 2. The quantitative estimate of drug-likeness (QED) is 0.824. The van der Waals surface area contributed by atoms with Crippen LogP contribution < -0.4 is 5.73 Å². The van der Waals surface area contributed by atoms with Gasteiger partial charge in [-0.15, -0.1) is 0 Å². The van der Waals surface area contributed by atoms with E-state index in [4.69, 9.17) is 10.8 Å². The Morgan fingerprint density at radius 1 is 1.44 bits per heavy atom. The Labute approximate surface area is 94.1 Å². The van der Waals surface area contributed by atoms with E-state index in [0.29, 0.717) is 11.1 Å². The molecule has 0 aliphatic heterocycles. The molecule has 1 aromatic carbocycles. The first-order valence-electron chi connectivity index (χ1n) is 5.08. The van der Waals surface area contributed by atoms with E-state index in [1.807, 2.05) is 0 Å². The van der Waals surface area contributed by atoms with Crippen LogP contribution in [0.15, 0.2) is 24.3 Å². The summed E-state index contributed by atoms with van der Waals surface area (Å²) >= 11 is 0. The Morgan fingerprint density at radius 2 is 1.94 bits per heavy atom. The predicted molar refractivity (Wildman–Crippen MR) is 60.0 cm³/mol. The highest BCUT2D eigenvalue weighted by atomic mass is 19.1. The van der Waals surface area contributed by atoms with Crippen LogP contribution in [0.1, 0.15) is 30.9 Å². The molecule has 0 aromatic heterocycles. The minimum absolute atomic E-state index is 0.0354. The monoisotopic (exact) mass is 225 g/mol. The fourth-order valence-electron chi connectivity index (χ4n) is 1.49. The van der Waals surface area contributed by atoms with Crippen molar-refractivity contribution in [3.8, 4) is 0 Å². The van der Waals surface area contributed by atoms with Crippen LogP contribution in [0.3, 0.4) is 0 Å². The van der Waals surface area contributed by atoms with Gasteiger partial charge in [0, 0.05) is 6.54 Å². The predicted octanol–water partition coefficient (Wildman–Crippen LogP) is 2.02. The SMILES string of the molecule is CC(C)(F)c1ccc(C(CN)C(=O)O)cc1. The van der Waals surface area contributed by atoms with Gasteiger partial charge in [0.15, 0.2) is 0 Å². The van der Waals surface area contributed by atoms with Gasteiger partial charge in [0.1, 0.15) is 5.67 Å². The molecule has 0 heterocycles. The van der Waals surface area contributed by atoms with Crippen molar-refractivity contribution >= 4 is 5.97 Å². The molecule has 3 nitrogen and oxygen atoms in total. The van der Waals surface area contributed by atoms with Crippen LogP contribution in [0, 0.1) is 0 Å². The van der Waals surface area contributed by atoms with Gasteiger partial charge in [0.25, 0.3) is 0 Å². The molecule has 0 aliphatic carbocycles. The average Bonchev–Trinajstić information content (AvgIpc) is 2.17. The summed E-state index contributed by atoms with van der Waals surface area (Å²) in [4.78, 5) is 10.9. The molecule has 4 heteroatoms. The number of halogens is 1. The van der Waals surface area contributed by atoms with E-state index in [9.17, 15) is 9.18 Å². The zero-order valence-corrected chi connectivity index (χ0v) is 9.40. The minimum atomic E-state index is -1.42. The van der Waals surface area contributed by atoms with E-state index in [-0.39, 0.29) is 6.54 Å². The molecule has 0 spiro atoms. The van der Waals surface area contributed by atoms with E-state index in [1.165, 1.54) is 13.8 Å². The molecule has 0 aliphatic rings. The molecule has 1 unspecified atom stereocenters. The van der Waals surface area contributed by atoms with Gasteiger partial charge in [-0.1, -0.05) is 24.3 Å². The van der Waals surface area contributed by atoms with Gasteiger partial charge in [-0.05, 0) is 25.0 Å². The Balaban J connectivity index is 2.98. The zero-order chi connectivity index (χ0) is 12.3. The maximum Gasteiger partial charge on any atom is 0.312 e. The number of rotatable bonds is 4. The van der Waals surface area contributed by atoms with Crippen molar-refractivity contribution in [2.45, 2.75) is 25.4 Å².